The predicted molar refractivity (Wildman–Crippen MR) is 106 cm³/mol. The summed E-state index contributed by atoms with van der Waals surface area (Å²) in [6.45, 7) is 5.20. The van der Waals surface area contributed by atoms with Gasteiger partial charge in [0.25, 0.3) is 0 Å². The van der Waals surface area contributed by atoms with E-state index in [-0.39, 0.29) is 30.3 Å². The molecule has 2 aromatic carbocycles. The van der Waals surface area contributed by atoms with Crippen LogP contribution < -0.4 is 9.47 Å². The molecule has 1 atom stereocenters. The van der Waals surface area contributed by atoms with E-state index in [1.165, 1.54) is 25.1 Å². The van der Waals surface area contributed by atoms with Crippen LogP contribution in [0.5, 0.6) is 11.5 Å². The molecule has 9 heteroatoms. The van der Waals surface area contributed by atoms with E-state index in [2.05, 4.69) is 0 Å². The van der Waals surface area contributed by atoms with E-state index in [9.17, 15) is 14.2 Å². The minimum atomic E-state index is -1.67. The third-order valence-electron chi connectivity index (χ3n) is 3.63. The molecule has 2 rings (SSSR count). The van der Waals surface area contributed by atoms with E-state index in [0.29, 0.717) is 5.56 Å². The Bertz CT molecular complexity index is 861. The van der Waals surface area contributed by atoms with E-state index >= 15 is 0 Å². The molecule has 0 aromatic heterocycles. The Morgan fingerprint density at radius 2 is 1.66 bits per heavy atom. The highest BCUT2D eigenvalue weighted by Crippen LogP contribution is 2.34. The van der Waals surface area contributed by atoms with Crippen molar-refractivity contribution < 1.29 is 37.6 Å². The largest absolute Gasteiger partial charge is 0.426 e. The topological polar surface area (TPSA) is 97.4 Å². The van der Waals surface area contributed by atoms with Gasteiger partial charge in [-0.05, 0) is 38.1 Å². The third kappa shape index (κ3) is 5.98. The molecule has 0 saturated carbocycles. The summed E-state index contributed by atoms with van der Waals surface area (Å²) in [6, 6.07) is 12.6. The molecule has 29 heavy (non-hydrogen) atoms. The van der Waals surface area contributed by atoms with Crippen molar-refractivity contribution in [1.82, 2.24) is 0 Å². The summed E-state index contributed by atoms with van der Waals surface area (Å²) in [5.41, 5.74) is 0.470. The fraction of sp³-hybridized carbons (Fsp3) is 0.300. The number of carbonyl (C=O) groups is 2. The quantitative estimate of drug-likeness (QED) is 0.247. The number of carbonyl (C=O) groups excluding carboxylic acids is 2. The standard InChI is InChI=1S/C20H23O8P/c1-4-24-20(25-5-2,28-29-23)15-9-8-10-16(13-15)27-19(22)17-11-6-7-12-18(17)26-14(3)21/h6-13H,4-5,29H2,1-3H3. The smallest absolute Gasteiger partial charge is 0.347 e. The van der Waals surface area contributed by atoms with Crippen LogP contribution in [0.25, 0.3) is 0 Å². The zero-order chi connectivity index (χ0) is 21.3. The highest BCUT2D eigenvalue weighted by atomic mass is 31.1. The Morgan fingerprint density at radius 1 is 0.966 bits per heavy atom. The first-order chi connectivity index (χ1) is 14.0. The van der Waals surface area contributed by atoms with E-state index in [1.807, 2.05) is 0 Å². The fourth-order valence-electron chi connectivity index (χ4n) is 2.58. The average molecular weight is 422 g/mol. The second-order valence-corrected chi connectivity index (χ2v) is 6.07. The number of esters is 2. The maximum Gasteiger partial charge on any atom is 0.347 e. The van der Waals surface area contributed by atoms with Gasteiger partial charge in [0, 0.05) is 12.5 Å². The minimum absolute atomic E-state index is 0.0919. The molecule has 1 unspecified atom stereocenters. The lowest BCUT2D eigenvalue weighted by atomic mass is 10.1. The van der Waals surface area contributed by atoms with Gasteiger partial charge in [-0.1, -0.05) is 24.3 Å². The summed E-state index contributed by atoms with van der Waals surface area (Å²) in [7, 11) is -1.63. The van der Waals surface area contributed by atoms with Crippen LogP contribution in [-0.2, 0) is 29.3 Å². The lowest BCUT2D eigenvalue weighted by molar-refractivity contribution is -0.350. The molecule has 0 N–H and O–H groups in total. The zero-order valence-electron chi connectivity index (χ0n) is 16.4. The van der Waals surface area contributed by atoms with Crippen LogP contribution in [0.15, 0.2) is 48.5 Å². The Hall–Kier alpha value is -2.51. The number of ether oxygens (including phenoxy) is 4. The number of rotatable bonds is 10. The van der Waals surface area contributed by atoms with Crippen molar-refractivity contribution in [1.29, 1.82) is 0 Å². The minimum Gasteiger partial charge on any atom is -0.426 e. The molecule has 8 nitrogen and oxygen atoms in total. The summed E-state index contributed by atoms with van der Waals surface area (Å²) in [5, 5.41) is 0. The summed E-state index contributed by atoms with van der Waals surface area (Å²) < 4.78 is 38.1. The molecule has 0 aliphatic carbocycles. The van der Waals surface area contributed by atoms with E-state index in [1.54, 1.807) is 44.2 Å². The SMILES string of the molecule is CCOC(OCC)(O[PH2]=O)c1cccc(OC(=O)c2ccccc2OC(C)=O)c1. The second kappa shape index (κ2) is 10.9. The maximum absolute atomic E-state index is 12.6. The number of hydrogen-bond acceptors (Lipinski definition) is 8. The zero-order valence-corrected chi connectivity index (χ0v) is 17.5. The van der Waals surface area contributed by atoms with Crippen LogP contribution in [0.4, 0.5) is 0 Å². The van der Waals surface area contributed by atoms with Crippen molar-refractivity contribution in [2.45, 2.75) is 26.7 Å². The summed E-state index contributed by atoms with van der Waals surface area (Å²) in [6.07, 6.45) is 0. The molecular weight excluding hydrogens is 399 g/mol. The molecule has 2 aromatic rings. The fourth-order valence-corrected chi connectivity index (χ4v) is 2.98. The van der Waals surface area contributed by atoms with Crippen molar-refractivity contribution >= 4 is 20.6 Å². The Morgan fingerprint density at radius 3 is 2.28 bits per heavy atom. The second-order valence-electron chi connectivity index (χ2n) is 5.64. The van der Waals surface area contributed by atoms with Gasteiger partial charge in [0.05, 0.1) is 13.2 Å². The van der Waals surface area contributed by atoms with Crippen molar-refractivity contribution in [2.75, 3.05) is 13.2 Å². The average Bonchev–Trinajstić information content (AvgIpc) is 2.68. The highest BCUT2D eigenvalue weighted by molar-refractivity contribution is 7.17. The molecule has 0 spiro atoms. The van der Waals surface area contributed by atoms with Crippen LogP contribution >= 0.6 is 8.69 Å². The monoisotopic (exact) mass is 422 g/mol. The van der Waals surface area contributed by atoms with E-state index in [4.69, 9.17) is 23.5 Å². The summed E-state index contributed by atoms with van der Waals surface area (Å²) >= 11 is 0. The van der Waals surface area contributed by atoms with Crippen LogP contribution in [0.3, 0.4) is 0 Å². The van der Waals surface area contributed by atoms with Crippen molar-refractivity contribution in [2.24, 2.45) is 0 Å². The van der Waals surface area contributed by atoms with Gasteiger partial charge in [-0.2, -0.15) is 0 Å². The highest BCUT2D eigenvalue weighted by Gasteiger charge is 2.36. The first-order valence-electron chi connectivity index (χ1n) is 8.95. The number of para-hydroxylation sites is 1. The number of hydrogen-bond donors (Lipinski definition) is 0. The lowest BCUT2D eigenvalue weighted by Crippen LogP contribution is -2.34. The molecule has 0 bridgehead atoms. The van der Waals surface area contributed by atoms with Crippen LogP contribution in [0.2, 0.25) is 0 Å². The van der Waals surface area contributed by atoms with Gasteiger partial charge >= 0.3 is 17.9 Å². The number of benzene rings is 2. The molecule has 156 valence electrons. The van der Waals surface area contributed by atoms with E-state index in [0.717, 1.165) is 0 Å². The Kier molecular flexibility index (Phi) is 8.54. The van der Waals surface area contributed by atoms with E-state index < -0.39 is 26.6 Å². The van der Waals surface area contributed by atoms with Gasteiger partial charge in [-0.25, -0.2) is 4.79 Å². The molecule has 0 aliphatic rings. The Labute approximate surface area is 170 Å². The van der Waals surface area contributed by atoms with Crippen LogP contribution in [0, 0.1) is 0 Å². The van der Waals surface area contributed by atoms with Crippen LogP contribution in [0.1, 0.15) is 36.7 Å². The lowest BCUT2D eigenvalue weighted by Gasteiger charge is -2.30. The molecule has 0 aliphatic heterocycles. The molecule has 0 radical (unpaired) electrons. The molecule has 0 heterocycles. The molecular formula is C20H23O8P. The van der Waals surface area contributed by atoms with Gasteiger partial charge in [0.15, 0.2) is 8.69 Å². The van der Waals surface area contributed by atoms with Gasteiger partial charge in [0.1, 0.15) is 17.1 Å². The molecule has 0 saturated heterocycles. The van der Waals surface area contributed by atoms with Gasteiger partial charge < -0.3 is 18.9 Å². The van der Waals surface area contributed by atoms with Gasteiger partial charge in [-0.15, -0.1) is 0 Å². The third-order valence-corrected chi connectivity index (χ3v) is 4.04. The van der Waals surface area contributed by atoms with Gasteiger partial charge in [-0.3, -0.25) is 13.9 Å². The summed E-state index contributed by atoms with van der Waals surface area (Å²) in [5.74, 6) is -2.66. The van der Waals surface area contributed by atoms with Crippen molar-refractivity contribution in [3.63, 3.8) is 0 Å². The van der Waals surface area contributed by atoms with Crippen molar-refractivity contribution in [3.05, 3.63) is 59.7 Å². The predicted octanol–water partition coefficient (Wildman–Crippen LogP) is 3.70. The van der Waals surface area contributed by atoms with Crippen molar-refractivity contribution in [3.8, 4) is 11.5 Å². The van der Waals surface area contributed by atoms with Crippen LogP contribution in [-0.4, -0.2) is 25.2 Å². The molecule has 0 amide bonds. The summed E-state index contributed by atoms with van der Waals surface area (Å²) in [4.78, 5) is 23.8. The Balaban J connectivity index is 2.33. The normalized spacial score (nSPS) is 11.6. The maximum atomic E-state index is 12.6. The first-order valence-corrected chi connectivity index (χ1v) is 9.89. The first kappa shape index (κ1) is 22.8. The molecule has 0 fully saturated rings. The van der Waals surface area contributed by atoms with Gasteiger partial charge in [0.2, 0.25) is 0 Å².